The van der Waals surface area contributed by atoms with Gasteiger partial charge in [0.15, 0.2) is 0 Å². The lowest BCUT2D eigenvalue weighted by atomic mass is 9.88. The van der Waals surface area contributed by atoms with Crippen LogP contribution in [0.4, 0.5) is 0 Å². The summed E-state index contributed by atoms with van der Waals surface area (Å²) in [4.78, 5) is 0. The van der Waals surface area contributed by atoms with Crippen molar-refractivity contribution in [3.63, 3.8) is 0 Å². The van der Waals surface area contributed by atoms with Crippen molar-refractivity contribution >= 4 is 0 Å². The van der Waals surface area contributed by atoms with Gasteiger partial charge in [0.05, 0.1) is 6.10 Å². The Morgan fingerprint density at radius 1 is 0.929 bits per heavy atom. The van der Waals surface area contributed by atoms with Crippen LogP contribution in [0.5, 0.6) is 0 Å². The highest BCUT2D eigenvalue weighted by atomic mass is 16.3. The van der Waals surface area contributed by atoms with Crippen LogP contribution in [-0.4, -0.2) is 22.9 Å². The zero-order valence-corrected chi connectivity index (χ0v) is 9.87. The second-order valence-corrected chi connectivity index (χ2v) is 4.18. The summed E-state index contributed by atoms with van der Waals surface area (Å²) in [7, 11) is 0. The normalized spacial score (nSPS) is 17.8. The lowest BCUT2D eigenvalue weighted by molar-refractivity contribution is 0.0884. The van der Waals surface area contributed by atoms with E-state index in [0.717, 1.165) is 32.1 Å². The minimum atomic E-state index is -0.156. The maximum Gasteiger partial charge on any atom is 0.0565 e. The summed E-state index contributed by atoms with van der Waals surface area (Å²) >= 11 is 0. The van der Waals surface area contributed by atoms with Gasteiger partial charge in [-0.25, -0.2) is 0 Å². The molecule has 0 aromatic heterocycles. The molecule has 0 heterocycles. The van der Waals surface area contributed by atoms with E-state index < -0.39 is 0 Å². The first kappa shape index (κ1) is 13.9. The average molecular weight is 202 g/mol. The molecule has 0 saturated heterocycles. The van der Waals surface area contributed by atoms with Gasteiger partial charge in [0, 0.05) is 6.61 Å². The molecule has 0 rings (SSSR count). The second kappa shape index (κ2) is 8.25. The minimum Gasteiger partial charge on any atom is -0.396 e. The van der Waals surface area contributed by atoms with Crippen LogP contribution in [0.2, 0.25) is 0 Å². The van der Waals surface area contributed by atoms with Gasteiger partial charge in [-0.05, 0) is 31.1 Å². The molecule has 2 nitrogen and oxygen atoms in total. The van der Waals surface area contributed by atoms with E-state index >= 15 is 0 Å². The average Bonchev–Trinajstić information content (AvgIpc) is 2.24. The maximum absolute atomic E-state index is 9.71. The Hall–Kier alpha value is -0.0800. The SMILES string of the molecule is CCC(CO)CCC(CC)C(O)CC. The molecule has 0 aliphatic rings. The van der Waals surface area contributed by atoms with Crippen molar-refractivity contribution in [1.29, 1.82) is 0 Å². The fourth-order valence-electron chi connectivity index (χ4n) is 1.88. The summed E-state index contributed by atoms with van der Waals surface area (Å²) in [5, 5.41) is 18.8. The Labute approximate surface area is 88.3 Å². The van der Waals surface area contributed by atoms with Gasteiger partial charge < -0.3 is 10.2 Å². The first-order chi connectivity index (χ1) is 6.69. The lowest BCUT2D eigenvalue weighted by Gasteiger charge is -2.22. The summed E-state index contributed by atoms with van der Waals surface area (Å²) in [6.07, 6.45) is 4.85. The van der Waals surface area contributed by atoms with E-state index in [2.05, 4.69) is 13.8 Å². The Bertz CT molecular complexity index is 121. The van der Waals surface area contributed by atoms with Crippen molar-refractivity contribution in [2.75, 3.05) is 6.61 Å². The first-order valence-electron chi connectivity index (χ1n) is 5.98. The minimum absolute atomic E-state index is 0.156. The van der Waals surface area contributed by atoms with E-state index in [-0.39, 0.29) is 12.7 Å². The highest BCUT2D eigenvalue weighted by Gasteiger charge is 2.16. The predicted molar refractivity (Wildman–Crippen MR) is 60.2 cm³/mol. The van der Waals surface area contributed by atoms with Gasteiger partial charge in [0.1, 0.15) is 0 Å². The van der Waals surface area contributed by atoms with Crippen LogP contribution < -0.4 is 0 Å². The van der Waals surface area contributed by atoms with Gasteiger partial charge in [0.25, 0.3) is 0 Å². The number of hydrogen-bond acceptors (Lipinski definition) is 2. The van der Waals surface area contributed by atoms with Gasteiger partial charge in [0.2, 0.25) is 0 Å². The molecule has 2 N–H and O–H groups in total. The van der Waals surface area contributed by atoms with Crippen LogP contribution in [-0.2, 0) is 0 Å². The van der Waals surface area contributed by atoms with Crippen LogP contribution in [0.25, 0.3) is 0 Å². The van der Waals surface area contributed by atoms with E-state index in [1.54, 1.807) is 0 Å². The number of aliphatic hydroxyl groups excluding tert-OH is 2. The maximum atomic E-state index is 9.71. The molecule has 0 amide bonds. The van der Waals surface area contributed by atoms with E-state index in [1.807, 2.05) is 6.92 Å². The van der Waals surface area contributed by atoms with Crippen LogP contribution in [0.3, 0.4) is 0 Å². The van der Waals surface area contributed by atoms with Crippen LogP contribution >= 0.6 is 0 Å². The fourth-order valence-corrected chi connectivity index (χ4v) is 1.88. The Balaban J connectivity index is 3.81. The molecule has 0 radical (unpaired) electrons. The Kier molecular flexibility index (Phi) is 8.20. The lowest BCUT2D eigenvalue weighted by Crippen LogP contribution is -2.20. The molecule has 2 heteroatoms. The first-order valence-corrected chi connectivity index (χ1v) is 5.98. The largest absolute Gasteiger partial charge is 0.396 e. The molecule has 3 unspecified atom stereocenters. The number of aliphatic hydroxyl groups is 2. The van der Waals surface area contributed by atoms with Crippen molar-refractivity contribution in [1.82, 2.24) is 0 Å². The Morgan fingerprint density at radius 3 is 1.93 bits per heavy atom. The standard InChI is InChI=1S/C12H26O2/c1-4-10(9-13)7-8-11(5-2)12(14)6-3/h10-14H,4-9H2,1-3H3. The molecule has 14 heavy (non-hydrogen) atoms. The highest BCUT2D eigenvalue weighted by molar-refractivity contribution is 4.68. The summed E-state index contributed by atoms with van der Waals surface area (Å²) in [6.45, 7) is 6.55. The van der Waals surface area contributed by atoms with Crippen molar-refractivity contribution in [2.45, 2.75) is 59.0 Å². The van der Waals surface area contributed by atoms with E-state index in [9.17, 15) is 5.11 Å². The number of hydrogen-bond donors (Lipinski definition) is 2. The summed E-state index contributed by atoms with van der Waals surface area (Å²) < 4.78 is 0. The zero-order chi connectivity index (χ0) is 11.0. The van der Waals surface area contributed by atoms with Crippen molar-refractivity contribution in [2.24, 2.45) is 11.8 Å². The molecule has 0 spiro atoms. The topological polar surface area (TPSA) is 40.5 Å². The summed E-state index contributed by atoms with van der Waals surface area (Å²) in [5.41, 5.74) is 0. The smallest absolute Gasteiger partial charge is 0.0565 e. The molecule has 3 atom stereocenters. The summed E-state index contributed by atoms with van der Waals surface area (Å²) in [5.74, 6) is 0.841. The fraction of sp³-hybridized carbons (Fsp3) is 1.00. The zero-order valence-electron chi connectivity index (χ0n) is 9.87. The molecular weight excluding hydrogens is 176 g/mol. The third-order valence-electron chi connectivity index (χ3n) is 3.27. The van der Waals surface area contributed by atoms with Crippen LogP contribution in [0.15, 0.2) is 0 Å². The van der Waals surface area contributed by atoms with E-state index in [1.165, 1.54) is 0 Å². The molecule has 86 valence electrons. The molecule has 0 aromatic rings. The molecule has 0 aromatic carbocycles. The highest BCUT2D eigenvalue weighted by Crippen LogP contribution is 2.21. The van der Waals surface area contributed by atoms with Gasteiger partial charge in [-0.2, -0.15) is 0 Å². The van der Waals surface area contributed by atoms with E-state index in [0.29, 0.717) is 11.8 Å². The van der Waals surface area contributed by atoms with Crippen molar-refractivity contribution in [3.05, 3.63) is 0 Å². The Morgan fingerprint density at radius 2 is 1.57 bits per heavy atom. The second-order valence-electron chi connectivity index (χ2n) is 4.18. The molecule has 0 aliphatic heterocycles. The third-order valence-corrected chi connectivity index (χ3v) is 3.27. The molecular formula is C12H26O2. The van der Waals surface area contributed by atoms with Crippen LogP contribution in [0.1, 0.15) is 52.9 Å². The van der Waals surface area contributed by atoms with Crippen molar-refractivity contribution < 1.29 is 10.2 Å². The van der Waals surface area contributed by atoms with Gasteiger partial charge in [-0.1, -0.05) is 33.6 Å². The van der Waals surface area contributed by atoms with Gasteiger partial charge >= 0.3 is 0 Å². The van der Waals surface area contributed by atoms with Crippen LogP contribution in [0, 0.1) is 11.8 Å². The quantitative estimate of drug-likeness (QED) is 0.635. The van der Waals surface area contributed by atoms with Crippen molar-refractivity contribution in [3.8, 4) is 0 Å². The molecule has 0 bridgehead atoms. The summed E-state index contributed by atoms with van der Waals surface area (Å²) in [6, 6.07) is 0. The number of rotatable bonds is 8. The monoisotopic (exact) mass is 202 g/mol. The predicted octanol–water partition coefficient (Wildman–Crippen LogP) is 2.58. The van der Waals surface area contributed by atoms with Gasteiger partial charge in [-0.3, -0.25) is 0 Å². The molecule has 0 saturated carbocycles. The van der Waals surface area contributed by atoms with E-state index in [4.69, 9.17) is 5.11 Å². The molecule has 0 fully saturated rings. The van der Waals surface area contributed by atoms with Gasteiger partial charge in [-0.15, -0.1) is 0 Å². The molecule has 0 aliphatic carbocycles. The third kappa shape index (κ3) is 4.97.